The molecule has 0 heterocycles. The molecule has 3 heteroatoms. The summed E-state index contributed by atoms with van der Waals surface area (Å²) in [5, 5.41) is 0. The van der Waals surface area contributed by atoms with E-state index < -0.39 is 0 Å². The molecule has 0 saturated heterocycles. The monoisotopic (exact) mass is 200 g/mol. The Hall–Kier alpha value is 0.960. The summed E-state index contributed by atoms with van der Waals surface area (Å²) in [6.07, 6.45) is 6.02. The minimum Gasteiger partial charge on any atom is -1.00 e. The van der Waals surface area contributed by atoms with Gasteiger partial charge in [-0.3, -0.25) is 4.79 Å². The second-order valence-electron chi connectivity index (χ2n) is 2.75. The van der Waals surface area contributed by atoms with E-state index >= 15 is 0 Å². The Morgan fingerprint density at radius 2 is 1.33 bits per heavy atom. The third-order valence-corrected chi connectivity index (χ3v) is 1.62. The second-order valence-corrected chi connectivity index (χ2v) is 2.75. The van der Waals surface area contributed by atoms with Gasteiger partial charge in [0.1, 0.15) is 5.78 Å². The van der Waals surface area contributed by atoms with E-state index in [-0.39, 0.29) is 42.0 Å². The first-order valence-electron chi connectivity index (χ1n) is 4.33. The Balaban J connectivity index is -0.000000405. The van der Waals surface area contributed by atoms with Crippen LogP contribution < -0.4 is 42.0 Å². The van der Waals surface area contributed by atoms with Gasteiger partial charge in [-0.05, 0) is 12.8 Å². The Labute approximate surface area is 104 Å². The van der Waals surface area contributed by atoms with Gasteiger partial charge in [0.2, 0.25) is 0 Å². The van der Waals surface area contributed by atoms with Crippen molar-refractivity contribution in [3.05, 3.63) is 0 Å². The van der Waals surface area contributed by atoms with Crippen LogP contribution >= 0.6 is 0 Å². The Bertz CT molecular complexity index is 86.5. The van der Waals surface area contributed by atoms with E-state index in [1.165, 1.54) is 0 Å². The SMILES string of the molecule is CCCCC(=O)CCCC.[Cl-].[Na+]. The van der Waals surface area contributed by atoms with Crippen molar-refractivity contribution in [1.29, 1.82) is 0 Å². The molecule has 68 valence electrons. The summed E-state index contributed by atoms with van der Waals surface area (Å²) in [6, 6.07) is 0. The van der Waals surface area contributed by atoms with Gasteiger partial charge in [0, 0.05) is 12.8 Å². The maximum Gasteiger partial charge on any atom is 1.00 e. The van der Waals surface area contributed by atoms with Crippen LogP contribution in [0.15, 0.2) is 0 Å². The molecule has 0 aromatic heterocycles. The van der Waals surface area contributed by atoms with E-state index in [1.807, 2.05) is 0 Å². The van der Waals surface area contributed by atoms with Gasteiger partial charge >= 0.3 is 29.6 Å². The van der Waals surface area contributed by atoms with Crippen molar-refractivity contribution >= 4 is 5.78 Å². The van der Waals surface area contributed by atoms with Crippen LogP contribution in [0.4, 0.5) is 0 Å². The Morgan fingerprint density at radius 1 is 1.00 bits per heavy atom. The third kappa shape index (κ3) is 13.5. The van der Waals surface area contributed by atoms with E-state index in [4.69, 9.17) is 0 Å². The van der Waals surface area contributed by atoms with E-state index in [1.54, 1.807) is 0 Å². The molecule has 0 aromatic carbocycles. The predicted octanol–water partition coefficient (Wildman–Crippen LogP) is -3.06. The van der Waals surface area contributed by atoms with Crippen LogP contribution in [0.1, 0.15) is 52.4 Å². The minimum absolute atomic E-state index is 0. The van der Waals surface area contributed by atoms with Gasteiger partial charge in [-0.1, -0.05) is 26.7 Å². The number of halogens is 1. The average Bonchev–Trinajstić information content (AvgIpc) is 1.97. The maximum absolute atomic E-state index is 11.0. The summed E-state index contributed by atoms with van der Waals surface area (Å²) in [4.78, 5) is 11.0. The molecule has 1 nitrogen and oxygen atoms in total. The fourth-order valence-corrected chi connectivity index (χ4v) is 0.873. The molecule has 0 spiro atoms. The first-order valence-corrected chi connectivity index (χ1v) is 4.33. The summed E-state index contributed by atoms with van der Waals surface area (Å²) >= 11 is 0. The summed E-state index contributed by atoms with van der Waals surface area (Å²) < 4.78 is 0. The summed E-state index contributed by atoms with van der Waals surface area (Å²) in [5.74, 6) is 0.448. The molecule has 0 fully saturated rings. The topological polar surface area (TPSA) is 17.1 Å². The molecule has 0 amide bonds. The molecule has 0 atom stereocenters. The number of carbonyl (C=O) groups is 1. The number of unbranched alkanes of at least 4 members (excludes halogenated alkanes) is 2. The molecular formula is C9H18ClNaO. The van der Waals surface area contributed by atoms with E-state index in [2.05, 4.69) is 13.8 Å². The fourth-order valence-electron chi connectivity index (χ4n) is 0.873. The molecule has 0 bridgehead atoms. The maximum atomic E-state index is 11.0. The Kier molecular flexibility index (Phi) is 22.6. The molecule has 0 aromatic rings. The molecule has 0 aliphatic carbocycles. The molecule has 0 unspecified atom stereocenters. The van der Waals surface area contributed by atoms with Crippen LogP contribution in [0.25, 0.3) is 0 Å². The third-order valence-electron chi connectivity index (χ3n) is 1.62. The molecule has 0 N–H and O–H groups in total. The zero-order chi connectivity index (χ0) is 7.82. The fraction of sp³-hybridized carbons (Fsp3) is 0.889. The molecule has 12 heavy (non-hydrogen) atoms. The van der Waals surface area contributed by atoms with Gasteiger partial charge in [0.15, 0.2) is 0 Å². The van der Waals surface area contributed by atoms with Crippen molar-refractivity contribution in [2.75, 3.05) is 0 Å². The summed E-state index contributed by atoms with van der Waals surface area (Å²) in [6.45, 7) is 4.24. The van der Waals surface area contributed by atoms with Gasteiger partial charge < -0.3 is 12.4 Å². The zero-order valence-corrected chi connectivity index (χ0v) is 11.3. The van der Waals surface area contributed by atoms with Gasteiger partial charge in [-0.25, -0.2) is 0 Å². The molecule has 0 saturated carbocycles. The van der Waals surface area contributed by atoms with Gasteiger partial charge in [0.25, 0.3) is 0 Å². The number of hydrogen-bond acceptors (Lipinski definition) is 1. The number of Topliss-reactive ketones (excluding diaryl/α,β-unsaturated/α-hetero) is 1. The normalized spacial score (nSPS) is 8.17. The first-order chi connectivity index (χ1) is 4.81. The van der Waals surface area contributed by atoms with Gasteiger partial charge in [0.05, 0.1) is 0 Å². The van der Waals surface area contributed by atoms with Crippen molar-refractivity contribution in [1.82, 2.24) is 0 Å². The number of carbonyl (C=O) groups excluding carboxylic acids is 1. The van der Waals surface area contributed by atoms with Crippen molar-refractivity contribution < 1.29 is 46.8 Å². The standard InChI is InChI=1S/C9H18O.ClH.Na/c1-3-5-7-9(10)8-6-4-2;;/h3-8H2,1-2H3;1H;/q;;+1/p-1. The van der Waals surface area contributed by atoms with Crippen LogP contribution in [0.5, 0.6) is 0 Å². The largest absolute Gasteiger partial charge is 1.00 e. The van der Waals surface area contributed by atoms with Gasteiger partial charge in [-0.15, -0.1) is 0 Å². The number of ketones is 1. The Morgan fingerprint density at radius 3 is 1.58 bits per heavy atom. The molecule has 0 radical (unpaired) electrons. The van der Waals surface area contributed by atoms with Gasteiger partial charge in [-0.2, -0.15) is 0 Å². The molecule has 0 aliphatic heterocycles. The molecule has 0 rings (SSSR count). The van der Waals surface area contributed by atoms with E-state index in [0.717, 1.165) is 38.5 Å². The van der Waals surface area contributed by atoms with Crippen LogP contribution in [0, 0.1) is 0 Å². The summed E-state index contributed by atoms with van der Waals surface area (Å²) in [7, 11) is 0. The quantitative estimate of drug-likeness (QED) is 0.417. The van der Waals surface area contributed by atoms with Crippen LogP contribution in [-0.4, -0.2) is 5.78 Å². The first kappa shape index (κ1) is 18.7. The van der Waals surface area contributed by atoms with Crippen molar-refractivity contribution in [3.8, 4) is 0 Å². The summed E-state index contributed by atoms with van der Waals surface area (Å²) in [5.41, 5.74) is 0. The predicted molar refractivity (Wildman–Crippen MR) is 44.1 cm³/mol. The average molecular weight is 201 g/mol. The van der Waals surface area contributed by atoms with Crippen molar-refractivity contribution in [2.45, 2.75) is 52.4 Å². The second kappa shape index (κ2) is 14.5. The van der Waals surface area contributed by atoms with E-state index in [9.17, 15) is 4.79 Å². The van der Waals surface area contributed by atoms with Crippen molar-refractivity contribution in [3.63, 3.8) is 0 Å². The number of hydrogen-bond donors (Lipinski definition) is 0. The van der Waals surface area contributed by atoms with Crippen LogP contribution in [0.2, 0.25) is 0 Å². The van der Waals surface area contributed by atoms with Crippen molar-refractivity contribution in [2.24, 2.45) is 0 Å². The van der Waals surface area contributed by atoms with Crippen LogP contribution in [-0.2, 0) is 4.79 Å². The van der Waals surface area contributed by atoms with E-state index in [0.29, 0.717) is 5.78 Å². The molecular weight excluding hydrogens is 183 g/mol. The molecule has 0 aliphatic rings. The minimum atomic E-state index is 0. The number of rotatable bonds is 6. The zero-order valence-electron chi connectivity index (χ0n) is 8.53. The smallest absolute Gasteiger partial charge is 1.00 e. The van der Waals surface area contributed by atoms with Crippen LogP contribution in [0.3, 0.4) is 0 Å².